The fraction of sp³-hybridized carbons (Fsp3) is 0.560. The number of hydrogen-bond acceptors (Lipinski definition) is 4. The first kappa shape index (κ1) is 20.5. The van der Waals surface area contributed by atoms with Crippen molar-refractivity contribution in [3.63, 3.8) is 0 Å². The first-order valence-electron chi connectivity index (χ1n) is 11.4. The van der Waals surface area contributed by atoms with Crippen molar-refractivity contribution in [2.75, 3.05) is 39.8 Å². The molecule has 2 aromatic rings. The Morgan fingerprint density at radius 1 is 0.897 bits per heavy atom. The molecule has 156 valence electrons. The van der Waals surface area contributed by atoms with Gasteiger partial charge in [0, 0.05) is 44.1 Å². The van der Waals surface area contributed by atoms with Gasteiger partial charge in [0.1, 0.15) is 0 Å². The zero-order valence-corrected chi connectivity index (χ0v) is 17.9. The molecule has 2 aliphatic rings. The third kappa shape index (κ3) is 5.88. The minimum atomic E-state index is 0.717. The van der Waals surface area contributed by atoms with Crippen LogP contribution >= 0.6 is 0 Å². The molecule has 4 nitrogen and oxygen atoms in total. The van der Waals surface area contributed by atoms with Crippen molar-refractivity contribution < 1.29 is 0 Å². The Morgan fingerprint density at radius 3 is 2.45 bits per heavy atom. The minimum absolute atomic E-state index is 0.717. The summed E-state index contributed by atoms with van der Waals surface area (Å²) in [4.78, 5) is 12.3. The number of rotatable bonds is 7. The summed E-state index contributed by atoms with van der Waals surface area (Å²) < 4.78 is 0. The Morgan fingerprint density at radius 2 is 1.69 bits per heavy atom. The fourth-order valence-electron chi connectivity index (χ4n) is 5.03. The second-order valence-corrected chi connectivity index (χ2v) is 8.87. The number of likely N-dealkylation sites (tertiary alicyclic amines) is 2. The van der Waals surface area contributed by atoms with E-state index >= 15 is 0 Å². The molecule has 0 spiro atoms. The Balaban J connectivity index is 1.22. The third-order valence-electron chi connectivity index (χ3n) is 6.88. The molecule has 0 aliphatic carbocycles. The van der Waals surface area contributed by atoms with Crippen molar-refractivity contribution in [1.82, 2.24) is 19.7 Å². The van der Waals surface area contributed by atoms with Crippen LogP contribution in [0.4, 0.5) is 0 Å². The van der Waals surface area contributed by atoms with Crippen LogP contribution in [0.5, 0.6) is 0 Å². The predicted octanol–water partition coefficient (Wildman–Crippen LogP) is 3.68. The van der Waals surface area contributed by atoms with Gasteiger partial charge in [0.25, 0.3) is 0 Å². The van der Waals surface area contributed by atoms with Crippen molar-refractivity contribution in [3.05, 3.63) is 66.0 Å². The predicted molar refractivity (Wildman–Crippen MR) is 120 cm³/mol. The molecule has 29 heavy (non-hydrogen) atoms. The molecule has 0 radical (unpaired) electrons. The largest absolute Gasteiger partial charge is 0.301 e. The molecule has 0 unspecified atom stereocenters. The molecular weight excluding hydrogens is 356 g/mol. The summed E-state index contributed by atoms with van der Waals surface area (Å²) in [7, 11) is 2.38. The van der Waals surface area contributed by atoms with E-state index in [4.69, 9.17) is 0 Å². The van der Waals surface area contributed by atoms with E-state index in [-0.39, 0.29) is 0 Å². The monoisotopic (exact) mass is 392 g/mol. The average Bonchev–Trinajstić information content (AvgIpc) is 2.79. The van der Waals surface area contributed by atoms with E-state index in [9.17, 15) is 0 Å². The second kappa shape index (κ2) is 10.3. The number of piperidine rings is 2. The molecule has 0 N–H and O–H groups in total. The normalized spacial score (nSPS) is 22.2. The van der Waals surface area contributed by atoms with Gasteiger partial charge in [0.05, 0.1) is 0 Å². The van der Waals surface area contributed by atoms with E-state index in [2.05, 4.69) is 63.1 Å². The van der Waals surface area contributed by atoms with Gasteiger partial charge < -0.3 is 4.90 Å². The summed E-state index contributed by atoms with van der Waals surface area (Å²) in [6.07, 6.45) is 10.3. The highest BCUT2D eigenvalue weighted by atomic mass is 15.2. The lowest BCUT2D eigenvalue weighted by Gasteiger charge is -2.44. The smallest absolute Gasteiger partial charge is 0.0312 e. The van der Waals surface area contributed by atoms with Gasteiger partial charge in [-0.2, -0.15) is 0 Å². The molecule has 2 aliphatic heterocycles. The van der Waals surface area contributed by atoms with Crippen molar-refractivity contribution >= 4 is 0 Å². The van der Waals surface area contributed by atoms with Gasteiger partial charge >= 0.3 is 0 Å². The molecule has 1 atom stereocenters. The van der Waals surface area contributed by atoms with E-state index in [1.165, 1.54) is 76.0 Å². The molecule has 4 heteroatoms. The van der Waals surface area contributed by atoms with Crippen molar-refractivity contribution in [2.45, 2.75) is 50.7 Å². The maximum absolute atomic E-state index is 4.26. The summed E-state index contributed by atoms with van der Waals surface area (Å²) in [5.41, 5.74) is 2.80. The lowest BCUT2D eigenvalue weighted by molar-refractivity contribution is 0.0528. The number of pyridine rings is 1. The van der Waals surface area contributed by atoms with Crippen LogP contribution in [0.1, 0.15) is 36.8 Å². The Bertz CT molecular complexity index is 712. The maximum Gasteiger partial charge on any atom is 0.0312 e. The molecule has 1 aromatic carbocycles. The van der Waals surface area contributed by atoms with Crippen molar-refractivity contribution in [2.24, 2.45) is 0 Å². The topological polar surface area (TPSA) is 22.6 Å². The van der Waals surface area contributed by atoms with Crippen LogP contribution in [0.25, 0.3) is 0 Å². The van der Waals surface area contributed by atoms with E-state index < -0.39 is 0 Å². The van der Waals surface area contributed by atoms with E-state index in [0.717, 1.165) is 18.6 Å². The average molecular weight is 393 g/mol. The first-order chi connectivity index (χ1) is 14.3. The van der Waals surface area contributed by atoms with Gasteiger partial charge in [0.15, 0.2) is 0 Å². The summed E-state index contributed by atoms with van der Waals surface area (Å²) in [5, 5.41) is 0. The van der Waals surface area contributed by atoms with Crippen LogP contribution < -0.4 is 0 Å². The summed E-state index contributed by atoms with van der Waals surface area (Å²) >= 11 is 0. The minimum Gasteiger partial charge on any atom is -0.301 e. The SMILES string of the molecule is CN(C1CCN(Cc2cccnc2)CC1)[C@H]1CCCN(CCc2ccccc2)C1. The van der Waals surface area contributed by atoms with Crippen LogP contribution in [0.2, 0.25) is 0 Å². The number of benzene rings is 1. The molecule has 4 rings (SSSR count). The molecule has 1 aromatic heterocycles. The van der Waals surface area contributed by atoms with Crippen LogP contribution in [0, 0.1) is 0 Å². The lowest BCUT2D eigenvalue weighted by atomic mass is 9.97. The van der Waals surface area contributed by atoms with Gasteiger partial charge in [0.2, 0.25) is 0 Å². The summed E-state index contributed by atoms with van der Waals surface area (Å²) in [6.45, 7) is 7.14. The maximum atomic E-state index is 4.26. The van der Waals surface area contributed by atoms with Crippen LogP contribution in [-0.4, -0.2) is 71.5 Å². The van der Waals surface area contributed by atoms with Gasteiger partial charge in [-0.05, 0) is 76.0 Å². The number of aromatic nitrogens is 1. The highest BCUT2D eigenvalue weighted by Crippen LogP contribution is 2.23. The van der Waals surface area contributed by atoms with Crippen molar-refractivity contribution in [1.29, 1.82) is 0 Å². The zero-order chi connectivity index (χ0) is 19.9. The third-order valence-corrected chi connectivity index (χ3v) is 6.88. The van der Waals surface area contributed by atoms with Gasteiger partial charge in [-0.1, -0.05) is 36.4 Å². The summed E-state index contributed by atoms with van der Waals surface area (Å²) in [6, 6.07) is 16.6. The molecule has 0 bridgehead atoms. The molecule has 0 saturated carbocycles. The van der Waals surface area contributed by atoms with Gasteiger partial charge in [-0.25, -0.2) is 0 Å². The molecule has 0 amide bonds. The highest BCUT2D eigenvalue weighted by Gasteiger charge is 2.29. The highest BCUT2D eigenvalue weighted by molar-refractivity contribution is 5.15. The Hall–Kier alpha value is -1.75. The zero-order valence-electron chi connectivity index (χ0n) is 17.9. The fourth-order valence-corrected chi connectivity index (χ4v) is 5.03. The van der Waals surface area contributed by atoms with Crippen LogP contribution in [0.3, 0.4) is 0 Å². The Labute approximate surface area is 176 Å². The number of hydrogen-bond donors (Lipinski definition) is 0. The lowest BCUT2D eigenvalue weighted by Crippen LogP contribution is -2.52. The quantitative estimate of drug-likeness (QED) is 0.717. The molecule has 2 saturated heterocycles. The van der Waals surface area contributed by atoms with E-state index in [1.807, 2.05) is 18.5 Å². The first-order valence-corrected chi connectivity index (χ1v) is 11.4. The van der Waals surface area contributed by atoms with Gasteiger partial charge in [-0.15, -0.1) is 0 Å². The Kier molecular flexibility index (Phi) is 7.31. The standard InChI is InChI=1S/C25H36N4/c1-27(24-12-17-29(18-13-24)20-23-9-5-14-26-19-23)25-10-6-15-28(21-25)16-11-22-7-3-2-4-8-22/h2-5,7-9,14,19,24-25H,6,10-13,15-18,20-21H2,1H3/t25-/m0/s1. The second-order valence-electron chi connectivity index (χ2n) is 8.87. The molecular formula is C25H36N4. The van der Waals surface area contributed by atoms with E-state index in [1.54, 1.807) is 0 Å². The summed E-state index contributed by atoms with van der Waals surface area (Å²) in [5.74, 6) is 0. The van der Waals surface area contributed by atoms with Crippen molar-refractivity contribution in [3.8, 4) is 0 Å². The van der Waals surface area contributed by atoms with E-state index in [0.29, 0.717) is 0 Å². The number of likely N-dealkylation sites (N-methyl/N-ethyl adjacent to an activating group) is 1. The number of nitrogens with zero attached hydrogens (tertiary/aromatic N) is 4. The molecule has 2 fully saturated rings. The van der Waals surface area contributed by atoms with Crippen LogP contribution in [-0.2, 0) is 13.0 Å². The van der Waals surface area contributed by atoms with Crippen LogP contribution in [0.15, 0.2) is 54.9 Å². The van der Waals surface area contributed by atoms with Gasteiger partial charge in [-0.3, -0.25) is 14.8 Å². The molecule has 3 heterocycles.